The molecule has 0 radical (unpaired) electrons. The van der Waals surface area contributed by atoms with Crippen LogP contribution in [0.25, 0.3) is 0 Å². The van der Waals surface area contributed by atoms with Crippen molar-refractivity contribution in [2.45, 2.75) is 0 Å². The number of furan rings is 1. The highest BCUT2D eigenvalue weighted by Crippen LogP contribution is 2.15. The van der Waals surface area contributed by atoms with Crippen LogP contribution >= 0.6 is 31.9 Å². The van der Waals surface area contributed by atoms with Crippen molar-refractivity contribution in [3.63, 3.8) is 0 Å². The molecule has 3 N–H and O–H groups in total. The summed E-state index contributed by atoms with van der Waals surface area (Å²) in [5, 5.41) is 2.36. The first-order chi connectivity index (χ1) is 11.0. The fraction of sp³-hybridized carbons (Fsp3) is 0.0714. The van der Waals surface area contributed by atoms with Crippen molar-refractivity contribution < 1.29 is 18.8 Å². The van der Waals surface area contributed by atoms with Crippen molar-refractivity contribution in [3.05, 3.63) is 56.9 Å². The first-order valence-corrected chi connectivity index (χ1v) is 7.93. The van der Waals surface area contributed by atoms with Gasteiger partial charge in [0, 0.05) is 4.47 Å². The van der Waals surface area contributed by atoms with Gasteiger partial charge in [0.2, 0.25) is 0 Å². The van der Waals surface area contributed by atoms with Gasteiger partial charge in [-0.15, -0.1) is 0 Å². The van der Waals surface area contributed by atoms with Gasteiger partial charge in [0.05, 0.1) is 12.1 Å². The zero-order chi connectivity index (χ0) is 16.8. The van der Waals surface area contributed by atoms with Crippen LogP contribution < -0.4 is 16.2 Å². The number of benzene rings is 1. The van der Waals surface area contributed by atoms with Gasteiger partial charge in [-0.25, -0.2) is 0 Å². The van der Waals surface area contributed by atoms with Crippen molar-refractivity contribution in [1.29, 1.82) is 0 Å². The highest BCUT2D eigenvalue weighted by molar-refractivity contribution is 9.10. The van der Waals surface area contributed by atoms with Gasteiger partial charge in [-0.3, -0.25) is 25.2 Å². The van der Waals surface area contributed by atoms with Crippen LogP contribution in [0.3, 0.4) is 0 Å². The van der Waals surface area contributed by atoms with Crippen LogP contribution in [0.2, 0.25) is 0 Å². The minimum Gasteiger partial charge on any atom is -0.444 e. The minimum absolute atomic E-state index is 0.0712. The van der Waals surface area contributed by atoms with Gasteiger partial charge in [0.1, 0.15) is 0 Å². The maximum absolute atomic E-state index is 11.9. The molecule has 0 saturated carbocycles. The summed E-state index contributed by atoms with van der Waals surface area (Å²) in [6.45, 7) is -0.312. The molecule has 1 heterocycles. The number of carbonyl (C=O) groups is 3. The van der Waals surface area contributed by atoms with E-state index in [9.17, 15) is 14.4 Å². The highest BCUT2D eigenvalue weighted by Gasteiger charge is 2.13. The number of hydrazine groups is 1. The van der Waals surface area contributed by atoms with E-state index in [0.29, 0.717) is 14.7 Å². The van der Waals surface area contributed by atoms with Crippen molar-refractivity contribution in [3.8, 4) is 0 Å². The van der Waals surface area contributed by atoms with Crippen LogP contribution in [0.15, 0.2) is 50.0 Å². The molecule has 0 unspecified atom stereocenters. The largest absolute Gasteiger partial charge is 0.444 e. The van der Waals surface area contributed by atoms with Gasteiger partial charge in [-0.1, -0.05) is 12.1 Å². The van der Waals surface area contributed by atoms with Gasteiger partial charge in [-0.2, -0.15) is 0 Å². The summed E-state index contributed by atoms with van der Waals surface area (Å²) in [5.41, 5.74) is 4.84. The quantitative estimate of drug-likeness (QED) is 0.627. The smallest absolute Gasteiger partial charge is 0.287 e. The molecule has 0 atom stereocenters. The molecule has 9 heteroatoms. The Labute approximate surface area is 148 Å². The van der Waals surface area contributed by atoms with E-state index in [1.54, 1.807) is 30.3 Å². The third-order valence-corrected chi connectivity index (χ3v) is 3.76. The third-order valence-electron chi connectivity index (χ3n) is 2.64. The summed E-state index contributed by atoms with van der Waals surface area (Å²) in [6.07, 6.45) is 0. The average molecular weight is 445 g/mol. The lowest BCUT2D eigenvalue weighted by Crippen LogP contribution is -2.46. The Bertz CT molecular complexity index is 745. The molecule has 0 aliphatic heterocycles. The zero-order valence-electron chi connectivity index (χ0n) is 11.6. The molecule has 23 heavy (non-hydrogen) atoms. The number of amides is 3. The molecule has 0 aliphatic rings. The molecule has 1 aromatic heterocycles. The Morgan fingerprint density at radius 3 is 2.35 bits per heavy atom. The Hall–Kier alpha value is -2.13. The molecule has 1 aromatic carbocycles. The lowest BCUT2D eigenvalue weighted by molar-refractivity contribution is -0.120. The molecule has 2 rings (SSSR count). The molecular formula is C14H11Br2N3O4. The Balaban J connectivity index is 1.78. The van der Waals surface area contributed by atoms with Crippen LogP contribution in [0.1, 0.15) is 20.9 Å². The van der Waals surface area contributed by atoms with Crippen LogP contribution in [-0.4, -0.2) is 24.3 Å². The van der Waals surface area contributed by atoms with E-state index in [2.05, 4.69) is 48.0 Å². The van der Waals surface area contributed by atoms with Gasteiger partial charge in [0.25, 0.3) is 17.7 Å². The molecule has 7 nitrogen and oxygen atoms in total. The van der Waals surface area contributed by atoms with Gasteiger partial charge >= 0.3 is 0 Å². The van der Waals surface area contributed by atoms with Crippen LogP contribution in [0, 0.1) is 0 Å². The normalized spacial score (nSPS) is 10.0. The molecule has 3 amide bonds. The molecule has 0 bridgehead atoms. The van der Waals surface area contributed by atoms with E-state index in [0.717, 1.165) is 0 Å². The van der Waals surface area contributed by atoms with Gasteiger partial charge in [-0.05, 0) is 56.1 Å². The maximum atomic E-state index is 11.9. The van der Waals surface area contributed by atoms with E-state index < -0.39 is 17.7 Å². The lowest BCUT2D eigenvalue weighted by atomic mass is 10.2. The number of hydrogen-bond acceptors (Lipinski definition) is 4. The molecule has 0 spiro atoms. The molecule has 0 fully saturated rings. The minimum atomic E-state index is -0.579. The predicted molar refractivity (Wildman–Crippen MR) is 88.5 cm³/mol. The monoisotopic (exact) mass is 443 g/mol. The SMILES string of the molecule is O=C(CNC(=O)c1ccc(Br)o1)NNC(=O)c1ccccc1Br. The summed E-state index contributed by atoms with van der Waals surface area (Å²) in [4.78, 5) is 35.1. The standard InChI is InChI=1S/C14H11Br2N3O4/c15-9-4-2-1-3-8(9)13(21)19-18-12(20)7-17-14(22)10-5-6-11(16)23-10/h1-6H,7H2,(H,17,22)(H,18,20)(H,19,21). The Morgan fingerprint density at radius 2 is 1.70 bits per heavy atom. The maximum Gasteiger partial charge on any atom is 0.287 e. The number of nitrogens with one attached hydrogen (secondary N) is 3. The fourth-order valence-corrected chi connectivity index (χ4v) is 2.34. The lowest BCUT2D eigenvalue weighted by Gasteiger charge is -2.08. The Kier molecular flexibility index (Phi) is 5.94. The van der Waals surface area contributed by atoms with Crippen molar-refractivity contribution in [2.24, 2.45) is 0 Å². The topological polar surface area (TPSA) is 100 Å². The predicted octanol–water partition coefficient (Wildman–Crippen LogP) is 2.00. The van der Waals surface area contributed by atoms with Gasteiger partial charge < -0.3 is 9.73 Å². The zero-order valence-corrected chi connectivity index (χ0v) is 14.7. The summed E-state index contributed by atoms with van der Waals surface area (Å²) in [7, 11) is 0. The molecule has 0 aliphatic carbocycles. The van der Waals surface area contributed by atoms with Crippen molar-refractivity contribution >= 4 is 49.6 Å². The van der Waals surface area contributed by atoms with Crippen LogP contribution in [0.4, 0.5) is 0 Å². The van der Waals surface area contributed by atoms with Gasteiger partial charge in [0.15, 0.2) is 10.4 Å². The molecule has 0 saturated heterocycles. The number of halogens is 2. The van der Waals surface area contributed by atoms with E-state index in [1.807, 2.05) is 0 Å². The third kappa shape index (κ3) is 4.93. The second kappa shape index (κ2) is 7.93. The molecular weight excluding hydrogens is 434 g/mol. The summed E-state index contributed by atoms with van der Waals surface area (Å²) in [6, 6.07) is 9.80. The number of carbonyl (C=O) groups excluding carboxylic acids is 3. The van der Waals surface area contributed by atoms with E-state index in [-0.39, 0.29) is 12.3 Å². The van der Waals surface area contributed by atoms with Crippen molar-refractivity contribution in [2.75, 3.05) is 6.54 Å². The second-order valence-electron chi connectivity index (χ2n) is 4.27. The first-order valence-electron chi connectivity index (χ1n) is 6.34. The second-order valence-corrected chi connectivity index (χ2v) is 5.90. The highest BCUT2D eigenvalue weighted by atomic mass is 79.9. The van der Waals surface area contributed by atoms with Crippen LogP contribution in [-0.2, 0) is 4.79 Å². The first kappa shape index (κ1) is 17.2. The summed E-state index contributed by atoms with van der Waals surface area (Å²) < 4.78 is 6.06. The summed E-state index contributed by atoms with van der Waals surface area (Å²) in [5.74, 6) is -1.53. The number of hydrogen-bond donors (Lipinski definition) is 3. The Morgan fingerprint density at radius 1 is 0.957 bits per heavy atom. The number of rotatable bonds is 4. The van der Waals surface area contributed by atoms with E-state index in [1.165, 1.54) is 6.07 Å². The molecule has 2 aromatic rings. The summed E-state index contributed by atoms with van der Waals surface area (Å²) >= 11 is 6.31. The fourth-order valence-electron chi connectivity index (χ4n) is 1.57. The van der Waals surface area contributed by atoms with Crippen LogP contribution in [0.5, 0.6) is 0 Å². The van der Waals surface area contributed by atoms with E-state index >= 15 is 0 Å². The van der Waals surface area contributed by atoms with E-state index in [4.69, 9.17) is 4.42 Å². The molecule has 120 valence electrons. The van der Waals surface area contributed by atoms with Crippen molar-refractivity contribution in [1.82, 2.24) is 16.2 Å². The average Bonchev–Trinajstić information content (AvgIpc) is 2.97.